The largest absolute Gasteiger partial charge is 0.490 e. The smallest absolute Gasteiger partial charge is 0.165 e. The summed E-state index contributed by atoms with van der Waals surface area (Å²) in [5.41, 5.74) is 13.2. The van der Waals surface area contributed by atoms with E-state index in [2.05, 4.69) is 24.7 Å². The monoisotopic (exact) mass is 337 g/mol. The zero-order valence-corrected chi connectivity index (χ0v) is 15.0. The van der Waals surface area contributed by atoms with E-state index in [0.717, 1.165) is 37.9 Å². The fourth-order valence-corrected chi connectivity index (χ4v) is 2.67. The molecule has 0 saturated heterocycles. The first kappa shape index (κ1) is 19.2. The molecule has 2 rings (SSSR count). The summed E-state index contributed by atoms with van der Waals surface area (Å²) in [5, 5.41) is 0. The standard InChI is InChI=1S/C19H32FN3O/c1-14(2)19(23-22-11-5-3-4-10-21)16-8-9-17(20)18(12-16)24-13-15-6-7-15/h8-9,12,14-15,19,22-23H,3-7,10-11,13,21H2,1-2H3. The van der Waals surface area contributed by atoms with Gasteiger partial charge in [-0.1, -0.05) is 26.3 Å². The molecule has 1 aliphatic carbocycles. The molecule has 0 radical (unpaired) electrons. The molecule has 4 nitrogen and oxygen atoms in total. The van der Waals surface area contributed by atoms with Crippen molar-refractivity contribution < 1.29 is 9.13 Å². The van der Waals surface area contributed by atoms with Gasteiger partial charge >= 0.3 is 0 Å². The highest BCUT2D eigenvalue weighted by molar-refractivity contribution is 5.32. The average molecular weight is 337 g/mol. The van der Waals surface area contributed by atoms with Gasteiger partial charge in [-0.05, 0) is 61.8 Å². The molecule has 5 heteroatoms. The summed E-state index contributed by atoms with van der Waals surface area (Å²) in [6.07, 6.45) is 5.69. The number of hydrazine groups is 1. The number of rotatable bonds is 12. The van der Waals surface area contributed by atoms with Crippen molar-refractivity contribution in [2.75, 3.05) is 19.7 Å². The van der Waals surface area contributed by atoms with Gasteiger partial charge in [0.25, 0.3) is 0 Å². The highest BCUT2D eigenvalue weighted by Crippen LogP contribution is 2.31. The van der Waals surface area contributed by atoms with Gasteiger partial charge in [-0.15, -0.1) is 0 Å². The van der Waals surface area contributed by atoms with E-state index in [1.807, 2.05) is 12.1 Å². The van der Waals surface area contributed by atoms with Crippen LogP contribution in [0.15, 0.2) is 18.2 Å². The van der Waals surface area contributed by atoms with Crippen LogP contribution in [0, 0.1) is 17.7 Å². The maximum atomic E-state index is 14.0. The Bertz CT molecular complexity index is 492. The Morgan fingerprint density at radius 3 is 2.71 bits per heavy atom. The minimum atomic E-state index is -0.281. The normalized spacial score (nSPS) is 15.7. The third-order valence-corrected chi connectivity index (χ3v) is 4.42. The first-order valence-corrected chi connectivity index (χ1v) is 9.22. The minimum Gasteiger partial charge on any atom is -0.490 e. The third kappa shape index (κ3) is 6.38. The molecule has 0 amide bonds. The fraction of sp³-hybridized carbons (Fsp3) is 0.684. The highest BCUT2D eigenvalue weighted by atomic mass is 19.1. The van der Waals surface area contributed by atoms with Crippen molar-refractivity contribution in [3.05, 3.63) is 29.6 Å². The average Bonchev–Trinajstić information content (AvgIpc) is 3.38. The molecule has 1 aromatic rings. The second kappa shape index (κ2) is 9.97. The number of hydrogen-bond donors (Lipinski definition) is 3. The lowest BCUT2D eigenvalue weighted by molar-refractivity contribution is 0.283. The third-order valence-electron chi connectivity index (χ3n) is 4.42. The Kier molecular flexibility index (Phi) is 7.95. The number of ether oxygens (including phenoxy) is 1. The molecule has 0 heterocycles. The van der Waals surface area contributed by atoms with E-state index in [0.29, 0.717) is 24.2 Å². The van der Waals surface area contributed by atoms with Crippen LogP contribution in [0.1, 0.15) is 57.6 Å². The van der Waals surface area contributed by atoms with E-state index < -0.39 is 0 Å². The van der Waals surface area contributed by atoms with Crippen LogP contribution >= 0.6 is 0 Å². The first-order chi connectivity index (χ1) is 11.6. The number of benzene rings is 1. The van der Waals surface area contributed by atoms with Crippen LogP contribution in [0.2, 0.25) is 0 Å². The predicted octanol–water partition coefficient (Wildman–Crippen LogP) is 3.53. The number of nitrogens with two attached hydrogens (primary N) is 1. The van der Waals surface area contributed by atoms with Gasteiger partial charge in [0, 0.05) is 12.6 Å². The van der Waals surface area contributed by atoms with Crippen LogP contribution in [0.25, 0.3) is 0 Å². The Hall–Kier alpha value is -1.17. The topological polar surface area (TPSA) is 59.3 Å². The molecular weight excluding hydrogens is 305 g/mol. The first-order valence-electron chi connectivity index (χ1n) is 9.22. The van der Waals surface area contributed by atoms with Crippen molar-refractivity contribution in [1.29, 1.82) is 0 Å². The van der Waals surface area contributed by atoms with E-state index >= 15 is 0 Å². The summed E-state index contributed by atoms with van der Waals surface area (Å²) in [6.45, 7) is 6.58. The van der Waals surface area contributed by atoms with Crippen molar-refractivity contribution in [3.8, 4) is 5.75 Å². The zero-order valence-electron chi connectivity index (χ0n) is 15.0. The Morgan fingerprint density at radius 1 is 1.25 bits per heavy atom. The Morgan fingerprint density at radius 2 is 2.04 bits per heavy atom. The fourth-order valence-electron chi connectivity index (χ4n) is 2.67. The number of nitrogens with one attached hydrogen (secondary N) is 2. The second-order valence-corrected chi connectivity index (χ2v) is 7.09. The van der Waals surface area contributed by atoms with E-state index in [-0.39, 0.29) is 11.9 Å². The molecule has 1 unspecified atom stereocenters. The molecule has 136 valence electrons. The molecule has 1 saturated carbocycles. The highest BCUT2D eigenvalue weighted by Gasteiger charge is 2.23. The van der Waals surface area contributed by atoms with E-state index in [9.17, 15) is 4.39 Å². The van der Waals surface area contributed by atoms with Gasteiger partial charge in [0.2, 0.25) is 0 Å². The van der Waals surface area contributed by atoms with E-state index in [4.69, 9.17) is 10.5 Å². The van der Waals surface area contributed by atoms with Gasteiger partial charge in [0.05, 0.1) is 6.61 Å². The molecule has 0 spiro atoms. The Balaban J connectivity index is 1.89. The lowest BCUT2D eigenvalue weighted by Gasteiger charge is -2.24. The predicted molar refractivity (Wildman–Crippen MR) is 96.2 cm³/mol. The molecule has 1 fully saturated rings. The van der Waals surface area contributed by atoms with Crippen LogP contribution in [0.3, 0.4) is 0 Å². The quantitative estimate of drug-likeness (QED) is 0.403. The number of halogens is 1. The summed E-state index contributed by atoms with van der Waals surface area (Å²) in [7, 11) is 0. The van der Waals surface area contributed by atoms with Gasteiger partial charge in [0.15, 0.2) is 11.6 Å². The van der Waals surface area contributed by atoms with Crippen molar-refractivity contribution in [3.63, 3.8) is 0 Å². The molecule has 1 aliphatic rings. The molecule has 4 N–H and O–H groups in total. The maximum absolute atomic E-state index is 14.0. The van der Waals surface area contributed by atoms with E-state index in [1.165, 1.54) is 18.9 Å². The minimum absolute atomic E-state index is 0.114. The summed E-state index contributed by atoms with van der Waals surface area (Å²) in [5.74, 6) is 1.08. The van der Waals surface area contributed by atoms with E-state index in [1.54, 1.807) is 0 Å². The molecule has 1 aromatic carbocycles. The van der Waals surface area contributed by atoms with Gasteiger partial charge in [-0.2, -0.15) is 0 Å². The van der Waals surface area contributed by atoms with Gasteiger partial charge in [0.1, 0.15) is 0 Å². The zero-order chi connectivity index (χ0) is 17.4. The molecule has 24 heavy (non-hydrogen) atoms. The van der Waals surface area contributed by atoms with Crippen molar-refractivity contribution >= 4 is 0 Å². The Labute approximate surface area is 145 Å². The summed E-state index contributed by atoms with van der Waals surface area (Å²) in [6, 6.07) is 5.30. The van der Waals surface area contributed by atoms with Crippen LogP contribution in [0.5, 0.6) is 5.75 Å². The van der Waals surface area contributed by atoms with Crippen molar-refractivity contribution in [2.24, 2.45) is 17.6 Å². The maximum Gasteiger partial charge on any atom is 0.165 e. The van der Waals surface area contributed by atoms with Crippen LogP contribution in [-0.4, -0.2) is 19.7 Å². The lowest BCUT2D eigenvalue weighted by atomic mass is 9.96. The number of hydrogen-bond acceptors (Lipinski definition) is 4. The second-order valence-electron chi connectivity index (χ2n) is 7.09. The molecular formula is C19H32FN3O. The van der Waals surface area contributed by atoms with Crippen LogP contribution in [0.4, 0.5) is 4.39 Å². The molecule has 0 aromatic heterocycles. The lowest BCUT2D eigenvalue weighted by Crippen LogP contribution is -2.38. The van der Waals surface area contributed by atoms with Crippen molar-refractivity contribution in [1.82, 2.24) is 10.9 Å². The summed E-state index contributed by atoms with van der Waals surface area (Å²) in [4.78, 5) is 0. The molecule has 0 bridgehead atoms. The van der Waals surface area contributed by atoms with Crippen LogP contribution in [-0.2, 0) is 0 Å². The van der Waals surface area contributed by atoms with Crippen molar-refractivity contribution in [2.45, 2.75) is 52.0 Å². The van der Waals surface area contributed by atoms with Gasteiger partial charge in [-0.25, -0.2) is 4.39 Å². The van der Waals surface area contributed by atoms with Gasteiger partial charge in [-0.3, -0.25) is 10.9 Å². The SMILES string of the molecule is CC(C)C(NNCCCCCN)c1ccc(F)c(OCC2CC2)c1. The number of unbranched alkanes of at least 4 members (excludes halogenated alkanes) is 2. The van der Waals surface area contributed by atoms with Crippen LogP contribution < -0.4 is 21.3 Å². The summed E-state index contributed by atoms with van der Waals surface area (Å²) >= 11 is 0. The molecule has 1 atom stereocenters. The summed E-state index contributed by atoms with van der Waals surface area (Å²) < 4.78 is 19.6. The molecule has 0 aliphatic heterocycles. The van der Waals surface area contributed by atoms with Gasteiger partial charge < -0.3 is 10.5 Å².